The third-order valence-corrected chi connectivity index (χ3v) is 3.80. The van der Waals surface area contributed by atoms with Gasteiger partial charge in [0.25, 0.3) is 0 Å². The minimum absolute atomic E-state index is 0.128. The van der Waals surface area contributed by atoms with Gasteiger partial charge in [-0.15, -0.1) is 0 Å². The average molecular weight is 276 g/mol. The van der Waals surface area contributed by atoms with Crippen LogP contribution in [0, 0.1) is 5.92 Å². The molecule has 1 N–H and O–H groups in total. The Balaban J connectivity index is 1.92. The number of nitrogens with zero attached hydrogens (tertiary/aromatic N) is 1. The molecule has 2 atom stereocenters. The van der Waals surface area contributed by atoms with Gasteiger partial charge >= 0.3 is 0 Å². The fraction of sp³-hybridized carbons (Fsp3) is 0.706. The molecule has 20 heavy (non-hydrogen) atoms. The molecule has 1 heterocycles. The van der Waals surface area contributed by atoms with Crippen molar-refractivity contribution in [2.45, 2.75) is 71.6 Å². The van der Waals surface area contributed by atoms with Crippen molar-refractivity contribution in [2.24, 2.45) is 5.92 Å². The zero-order chi connectivity index (χ0) is 14.6. The van der Waals surface area contributed by atoms with Crippen LogP contribution in [0.2, 0.25) is 0 Å². The second kappa shape index (κ2) is 6.57. The first-order valence-electron chi connectivity index (χ1n) is 7.79. The Morgan fingerprint density at radius 1 is 1.35 bits per heavy atom. The number of nitrogens with one attached hydrogen (secondary N) is 1. The Bertz CT molecular complexity index is 425. The molecule has 0 bridgehead atoms. The number of ether oxygens (including phenoxy) is 1. The summed E-state index contributed by atoms with van der Waals surface area (Å²) in [6, 6.07) is 4.12. The lowest BCUT2D eigenvalue weighted by Crippen LogP contribution is -2.35. The summed E-state index contributed by atoms with van der Waals surface area (Å²) in [6.07, 6.45) is 7.13. The molecule has 1 aromatic heterocycles. The van der Waals surface area contributed by atoms with E-state index in [1.165, 1.54) is 18.4 Å². The van der Waals surface area contributed by atoms with E-state index in [9.17, 15) is 0 Å². The van der Waals surface area contributed by atoms with E-state index in [0.717, 1.165) is 31.2 Å². The molecule has 1 aliphatic carbocycles. The van der Waals surface area contributed by atoms with Crippen LogP contribution in [0.3, 0.4) is 0 Å². The van der Waals surface area contributed by atoms with Crippen LogP contribution in [-0.2, 0) is 6.54 Å². The van der Waals surface area contributed by atoms with E-state index in [1.54, 1.807) is 0 Å². The molecule has 2 unspecified atom stereocenters. The van der Waals surface area contributed by atoms with Crippen LogP contribution in [-0.4, -0.2) is 16.6 Å². The smallest absolute Gasteiger partial charge is 0.213 e. The molecule has 0 amide bonds. The minimum Gasteiger partial charge on any atom is -0.474 e. The van der Waals surface area contributed by atoms with E-state index in [-0.39, 0.29) is 5.54 Å². The number of pyridine rings is 1. The SMILES string of the molecule is CC1CCCC(Oc2cc(CNC(C)(C)C)ccn2)C1. The zero-order valence-electron chi connectivity index (χ0n) is 13.3. The summed E-state index contributed by atoms with van der Waals surface area (Å²) in [4.78, 5) is 4.35. The fourth-order valence-electron chi connectivity index (χ4n) is 2.65. The fourth-order valence-corrected chi connectivity index (χ4v) is 2.65. The summed E-state index contributed by atoms with van der Waals surface area (Å²) in [6.45, 7) is 9.69. The topological polar surface area (TPSA) is 34.1 Å². The molecule has 0 saturated heterocycles. The molecule has 1 fully saturated rings. The van der Waals surface area contributed by atoms with Crippen molar-refractivity contribution in [3.05, 3.63) is 23.9 Å². The van der Waals surface area contributed by atoms with Gasteiger partial charge in [0.05, 0.1) is 0 Å². The maximum atomic E-state index is 6.06. The molecule has 112 valence electrons. The highest BCUT2D eigenvalue weighted by atomic mass is 16.5. The van der Waals surface area contributed by atoms with Gasteiger partial charge in [-0.2, -0.15) is 0 Å². The second-order valence-corrected chi connectivity index (χ2v) is 7.12. The molecule has 0 spiro atoms. The van der Waals surface area contributed by atoms with E-state index < -0.39 is 0 Å². The normalized spacial score (nSPS) is 23.6. The molecule has 1 aromatic rings. The van der Waals surface area contributed by atoms with Gasteiger partial charge in [-0.1, -0.05) is 13.3 Å². The Morgan fingerprint density at radius 3 is 2.85 bits per heavy atom. The maximum Gasteiger partial charge on any atom is 0.213 e. The first kappa shape index (κ1) is 15.3. The highest BCUT2D eigenvalue weighted by Gasteiger charge is 2.20. The lowest BCUT2D eigenvalue weighted by Gasteiger charge is -2.27. The summed E-state index contributed by atoms with van der Waals surface area (Å²) in [5, 5.41) is 3.49. The van der Waals surface area contributed by atoms with Gasteiger partial charge in [0.2, 0.25) is 5.88 Å². The molecule has 0 radical (unpaired) electrons. The van der Waals surface area contributed by atoms with Gasteiger partial charge in [-0.3, -0.25) is 0 Å². The molecular formula is C17H28N2O. The third-order valence-electron chi connectivity index (χ3n) is 3.80. The van der Waals surface area contributed by atoms with Gasteiger partial charge in [0.15, 0.2) is 0 Å². The van der Waals surface area contributed by atoms with Crippen LogP contribution in [0.1, 0.15) is 58.9 Å². The van der Waals surface area contributed by atoms with E-state index in [1.807, 2.05) is 6.20 Å². The molecule has 2 rings (SSSR count). The van der Waals surface area contributed by atoms with Crippen LogP contribution in [0.5, 0.6) is 5.88 Å². The van der Waals surface area contributed by atoms with Crippen molar-refractivity contribution in [1.82, 2.24) is 10.3 Å². The quantitative estimate of drug-likeness (QED) is 0.905. The minimum atomic E-state index is 0.128. The molecular weight excluding hydrogens is 248 g/mol. The summed E-state index contributed by atoms with van der Waals surface area (Å²) < 4.78 is 6.06. The van der Waals surface area contributed by atoms with Gasteiger partial charge in [0.1, 0.15) is 6.10 Å². The first-order valence-corrected chi connectivity index (χ1v) is 7.79. The van der Waals surface area contributed by atoms with Crippen LogP contribution < -0.4 is 10.1 Å². The Labute approximate surface area is 123 Å². The number of aromatic nitrogens is 1. The molecule has 3 heteroatoms. The molecule has 0 aliphatic heterocycles. The Kier molecular flexibility index (Phi) is 5.03. The van der Waals surface area contributed by atoms with Crippen LogP contribution in [0.25, 0.3) is 0 Å². The molecule has 3 nitrogen and oxygen atoms in total. The van der Waals surface area contributed by atoms with Gasteiger partial charge in [-0.25, -0.2) is 4.98 Å². The van der Waals surface area contributed by atoms with E-state index in [2.05, 4.69) is 50.1 Å². The number of rotatable bonds is 4. The Morgan fingerprint density at radius 2 is 2.15 bits per heavy atom. The maximum absolute atomic E-state index is 6.06. The summed E-state index contributed by atoms with van der Waals surface area (Å²) >= 11 is 0. The van der Waals surface area contributed by atoms with E-state index >= 15 is 0 Å². The summed E-state index contributed by atoms with van der Waals surface area (Å²) in [5.74, 6) is 1.55. The third kappa shape index (κ3) is 5.12. The Hall–Kier alpha value is -1.09. The molecule has 1 saturated carbocycles. The van der Waals surface area contributed by atoms with Crippen LogP contribution in [0.4, 0.5) is 0 Å². The predicted molar refractivity (Wildman–Crippen MR) is 82.9 cm³/mol. The lowest BCUT2D eigenvalue weighted by molar-refractivity contribution is 0.124. The standard InChI is InChI=1S/C17H28N2O/c1-13-6-5-7-15(10-13)20-16-11-14(8-9-18-16)12-19-17(2,3)4/h8-9,11,13,15,19H,5-7,10,12H2,1-4H3. The van der Waals surface area contributed by atoms with Crippen molar-refractivity contribution < 1.29 is 4.74 Å². The van der Waals surface area contributed by atoms with Gasteiger partial charge in [0, 0.05) is 24.3 Å². The molecule has 0 aromatic carbocycles. The first-order chi connectivity index (χ1) is 9.42. The zero-order valence-corrected chi connectivity index (χ0v) is 13.3. The second-order valence-electron chi connectivity index (χ2n) is 7.12. The monoisotopic (exact) mass is 276 g/mol. The van der Waals surface area contributed by atoms with Crippen molar-refractivity contribution >= 4 is 0 Å². The average Bonchev–Trinajstić information content (AvgIpc) is 2.36. The highest BCUT2D eigenvalue weighted by Crippen LogP contribution is 2.26. The van der Waals surface area contributed by atoms with Crippen molar-refractivity contribution in [2.75, 3.05) is 0 Å². The largest absolute Gasteiger partial charge is 0.474 e. The number of hydrogen-bond donors (Lipinski definition) is 1. The molecule has 1 aliphatic rings. The van der Waals surface area contributed by atoms with Gasteiger partial charge in [-0.05, 0) is 57.6 Å². The number of hydrogen-bond acceptors (Lipinski definition) is 3. The predicted octanol–water partition coefficient (Wildman–Crippen LogP) is 3.93. The summed E-state index contributed by atoms with van der Waals surface area (Å²) in [5.41, 5.74) is 1.36. The van der Waals surface area contributed by atoms with Crippen molar-refractivity contribution in [3.63, 3.8) is 0 Å². The van der Waals surface area contributed by atoms with E-state index in [4.69, 9.17) is 4.74 Å². The van der Waals surface area contributed by atoms with Crippen LogP contribution >= 0.6 is 0 Å². The highest BCUT2D eigenvalue weighted by molar-refractivity contribution is 5.20. The lowest BCUT2D eigenvalue weighted by atomic mass is 9.89. The van der Waals surface area contributed by atoms with Crippen molar-refractivity contribution in [3.8, 4) is 5.88 Å². The van der Waals surface area contributed by atoms with Crippen LogP contribution in [0.15, 0.2) is 18.3 Å². The van der Waals surface area contributed by atoms with E-state index in [0.29, 0.717) is 6.10 Å². The summed E-state index contributed by atoms with van der Waals surface area (Å²) in [7, 11) is 0. The van der Waals surface area contributed by atoms with Gasteiger partial charge < -0.3 is 10.1 Å². The van der Waals surface area contributed by atoms with Crippen molar-refractivity contribution in [1.29, 1.82) is 0 Å².